The lowest BCUT2D eigenvalue weighted by Crippen LogP contribution is -2.40. The van der Waals surface area contributed by atoms with Gasteiger partial charge >= 0.3 is 11.1 Å². The molecule has 0 aliphatic heterocycles. The fourth-order valence-corrected chi connectivity index (χ4v) is 1.98. The van der Waals surface area contributed by atoms with Crippen LogP contribution in [-0.4, -0.2) is 9.13 Å². The lowest BCUT2D eigenvalue weighted by molar-refractivity contribution is 0.656. The van der Waals surface area contributed by atoms with Crippen molar-refractivity contribution in [3.8, 4) is 5.69 Å². The number of benzene rings is 1. The van der Waals surface area contributed by atoms with E-state index >= 15 is 0 Å². The first-order chi connectivity index (χ1) is 9.15. The van der Waals surface area contributed by atoms with Crippen LogP contribution in [0.2, 0.25) is 5.02 Å². The average Bonchev–Trinajstić information content (AvgIpc) is 2.42. The zero-order valence-corrected chi connectivity index (χ0v) is 11.0. The molecule has 0 atom stereocenters. The predicted octanol–water partition coefficient (Wildman–Crippen LogP) is 2.23. The Balaban J connectivity index is 2.54. The van der Waals surface area contributed by atoms with Crippen molar-refractivity contribution in [3.63, 3.8) is 0 Å². The molecule has 1 aromatic carbocycles. The van der Waals surface area contributed by atoms with E-state index in [0.717, 1.165) is 0 Å². The lowest BCUT2D eigenvalue weighted by Gasteiger charge is -2.09. The van der Waals surface area contributed by atoms with Crippen LogP contribution in [0, 0.1) is 0 Å². The summed E-state index contributed by atoms with van der Waals surface area (Å²) in [5.74, 6) is 0. The number of nitrogens with zero attached hydrogens (tertiary/aromatic N) is 2. The molecule has 98 valence electrons. The van der Waals surface area contributed by atoms with Crippen LogP contribution in [0.1, 0.15) is 6.42 Å². The van der Waals surface area contributed by atoms with Crippen LogP contribution in [0.4, 0.5) is 0 Å². The quantitative estimate of drug-likeness (QED) is 0.635. The maximum Gasteiger partial charge on any atom is 0.321 e. The largest absolute Gasteiger partial charge is 0.321 e. The van der Waals surface area contributed by atoms with Gasteiger partial charge in [-0.2, -0.15) is 0 Å². The van der Waals surface area contributed by atoms with Gasteiger partial charge in [0.1, 0.15) is 0 Å². The van der Waals surface area contributed by atoms with Crippen LogP contribution < -0.4 is 11.1 Å². The summed E-state index contributed by atoms with van der Waals surface area (Å²) >= 11 is 6.02. The third-order valence-electron chi connectivity index (χ3n) is 2.74. The van der Waals surface area contributed by atoms with Gasteiger partial charge in [0.2, 0.25) is 0 Å². The SMILES string of the molecule is C=CCCn1ccn(-c2ccccc2Cl)c(=O)c1=O. The van der Waals surface area contributed by atoms with Crippen LogP contribution in [0.15, 0.2) is 58.9 Å². The van der Waals surface area contributed by atoms with Crippen LogP contribution in [0.3, 0.4) is 0 Å². The summed E-state index contributed by atoms with van der Waals surface area (Å²) in [5, 5.41) is 0.424. The smallest absolute Gasteiger partial charge is 0.309 e. The fourth-order valence-electron chi connectivity index (χ4n) is 1.75. The van der Waals surface area contributed by atoms with Crippen molar-refractivity contribution in [2.24, 2.45) is 0 Å². The van der Waals surface area contributed by atoms with Gasteiger partial charge in [0.15, 0.2) is 0 Å². The molecular formula is C14H13ClN2O2. The third-order valence-corrected chi connectivity index (χ3v) is 3.06. The molecule has 2 rings (SSSR count). The molecular weight excluding hydrogens is 264 g/mol. The first-order valence-electron chi connectivity index (χ1n) is 5.83. The molecule has 1 heterocycles. The molecule has 0 saturated heterocycles. The topological polar surface area (TPSA) is 44.0 Å². The Labute approximate surface area is 115 Å². The molecule has 0 saturated carbocycles. The van der Waals surface area contributed by atoms with Gasteiger partial charge in [-0.15, -0.1) is 6.58 Å². The maximum atomic E-state index is 12.1. The maximum absolute atomic E-state index is 12.1. The summed E-state index contributed by atoms with van der Waals surface area (Å²) in [5.41, 5.74) is -0.675. The molecule has 2 aromatic rings. The van der Waals surface area contributed by atoms with Gasteiger partial charge in [-0.1, -0.05) is 29.8 Å². The molecule has 0 aliphatic rings. The van der Waals surface area contributed by atoms with E-state index in [9.17, 15) is 9.59 Å². The minimum absolute atomic E-state index is 0.424. The predicted molar refractivity (Wildman–Crippen MR) is 76.1 cm³/mol. The number of hydrogen-bond donors (Lipinski definition) is 0. The number of para-hydroxylation sites is 1. The number of rotatable bonds is 4. The second kappa shape index (κ2) is 5.71. The van der Waals surface area contributed by atoms with Crippen molar-refractivity contribution in [1.82, 2.24) is 9.13 Å². The Kier molecular flexibility index (Phi) is 4.02. The van der Waals surface area contributed by atoms with Crippen molar-refractivity contribution >= 4 is 11.6 Å². The number of halogens is 1. The van der Waals surface area contributed by atoms with Crippen molar-refractivity contribution in [2.75, 3.05) is 0 Å². The molecule has 5 heteroatoms. The van der Waals surface area contributed by atoms with Gasteiger partial charge in [0, 0.05) is 18.9 Å². The molecule has 1 aromatic heterocycles. The molecule has 0 amide bonds. The molecule has 0 spiro atoms. The van der Waals surface area contributed by atoms with E-state index in [1.165, 1.54) is 9.13 Å². The summed E-state index contributed by atoms with van der Waals surface area (Å²) < 4.78 is 2.63. The molecule has 4 nitrogen and oxygen atoms in total. The lowest BCUT2D eigenvalue weighted by atomic mass is 10.3. The molecule has 19 heavy (non-hydrogen) atoms. The van der Waals surface area contributed by atoms with Crippen molar-refractivity contribution in [1.29, 1.82) is 0 Å². The minimum Gasteiger partial charge on any atom is -0.309 e. The van der Waals surface area contributed by atoms with E-state index in [0.29, 0.717) is 23.7 Å². The monoisotopic (exact) mass is 276 g/mol. The third kappa shape index (κ3) is 2.69. The van der Waals surface area contributed by atoms with Gasteiger partial charge in [-0.3, -0.25) is 14.2 Å². The van der Waals surface area contributed by atoms with Crippen LogP contribution in [0.5, 0.6) is 0 Å². The summed E-state index contributed by atoms with van der Waals surface area (Å²) in [7, 11) is 0. The highest BCUT2D eigenvalue weighted by atomic mass is 35.5. The number of aromatic nitrogens is 2. The Hall–Kier alpha value is -2.07. The standard InChI is InChI=1S/C14H13ClN2O2/c1-2-3-8-16-9-10-17(14(19)13(16)18)12-7-5-4-6-11(12)15/h2,4-7,9-10H,1,3,8H2. The first kappa shape index (κ1) is 13.4. The molecule has 0 radical (unpaired) electrons. The number of aryl methyl sites for hydroxylation is 1. The van der Waals surface area contributed by atoms with Gasteiger partial charge < -0.3 is 4.57 Å². The average molecular weight is 277 g/mol. The van der Waals surface area contributed by atoms with Gasteiger partial charge in [-0.25, -0.2) is 0 Å². The Bertz CT molecular complexity index is 716. The molecule has 0 bridgehead atoms. The molecule has 0 fully saturated rings. The summed E-state index contributed by atoms with van der Waals surface area (Å²) in [6, 6.07) is 6.89. The summed E-state index contributed by atoms with van der Waals surface area (Å²) in [4.78, 5) is 24.0. The Morgan fingerprint density at radius 3 is 2.58 bits per heavy atom. The zero-order chi connectivity index (χ0) is 13.8. The number of hydrogen-bond acceptors (Lipinski definition) is 2. The van der Waals surface area contributed by atoms with Gasteiger partial charge in [0.25, 0.3) is 0 Å². The van der Waals surface area contributed by atoms with E-state index in [2.05, 4.69) is 6.58 Å². The second-order valence-corrected chi connectivity index (χ2v) is 4.41. The second-order valence-electron chi connectivity index (χ2n) is 4.00. The summed E-state index contributed by atoms with van der Waals surface area (Å²) in [6.45, 7) is 4.03. The van der Waals surface area contributed by atoms with Crippen LogP contribution >= 0.6 is 11.6 Å². The van der Waals surface area contributed by atoms with E-state index in [1.807, 2.05) is 0 Å². The number of allylic oxidation sites excluding steroid dienone is 1. The fraction of sp³-hybridized carbons (Fsp3) is 0.143. The van der Waals surface area contributed by atoms with E-state index in [1.54, 1.807) is 42.7 Å². The van der Waals surface area contributed by atoms with E-state index < -0.39 is 11.1 Å². The van der Waals surface area contributed by atoms with Crippen LogP contribution in [0.25, 0.3) is 5.69 Å². The van der Waals surface area contributed by atoms with E-state index in [4.69, 9.17) is 11.6 Å². The van der Waals surface area contributed by atoms with E-state index in [-0.39, 0.29) is 0 Å². The Morgan fingerprint density at radius 2 is 1.89 bits per heavy atom. The summed E-state index contributed by atoms with van der Waals surface area (Å²) in [6.07, 6.45) is 5.46. The Morgan fingerprint density at radius 1 is 1.16 bits per heavy atom. The van der Waals surface area contributed by atoms with Gasteiger partial charge in [0.05, 0.1) is 10.7 Å². The normalized spacial score (nSPS) is 10.4. The molecule has 0 unspecified atom stereocenters. The van der Waals surface area contributed by atoms with Crippen LogP contribution in [-0.2, 0) is 6.54 Å². The minimum atomic E-state index is -0.611. The first-order valence-corrected chi connectivity index (χ1v) is 6.21. The van der Waals surface area contributed by atoms with Crippen molar-refractivity contribution in [3.05, 3.63) is 75.0 Å². The molecule has 0 N–H and O–H groups in total. The van der Waals surface area contributed by atoms with Gasteiger partial charge in [-0.05, 0) is 18.6 Å². The highest BCUT2D eigenvalue weighted by molar-refractivity contribution is 6.32. The molecule has 0 aliphatic carbocycles. The van der Waals surface area contributed by atoms with Crippen molar-refractivity contribution in [2.45, 2.75) is 13.0 Å². The highest BCUT2D eigenvalue weighted by Crippen LogP contribution is 2.17. The van der Waals surface area contributed by atoms with Crippen molar-refractivity contribution < 1.29 is 0 Å². The highest BCUT2D eigenvalue weighted by Gasteiger charge is 2.08. The zero-order valence-electron chi connectivity index (χ0n) is 10.3.